The first-order chi connectivity index (χ1) is 6.83. The summed E-state index contributed by atoms with van der Waals surface area (Å²) in [7, 11) is 0. The van der Waals surface area contributed by atoms with Crippen molar-refractivity contribution in [1.29, 1.82) is 0 Å². The average Bonchev–Trinajstić information content (AvgIpc) is 2.20. The molecule has 14 heavy (non-hydrogen) atoms. The third-order valence-corrected chi connectivity index (χ3v) is 1.43. The van der Waals surface area contributed by atoms with Gasteiger partial charge in [0, 0.05) is 25.5 Å². The lowest BCUT2D eigenvalue weighted by molar-refractivity contribution is 0.248. The van der Waals surface area contributed by atoms with Crippen LogP contribution in [0.4, 0.5) is 10.6 Å². The molecule has 0 bridgehead atoms. The molecule has 1 aromatic heterocycles. The summed E-state index contributed by atoms with van der Waals surface area (Å²) in [6, 6.07) is -0.348. The van der Waals surface area contributed by atoms with Gasteiger partial charge in [-0.05, 0) is 6.42 Å². The topological polar surface area (TPSA) is 87.1 Å². The lowest BCUT2D eigenvalue weighted by Crippen LogP contribution is -2.30. The second-order valence-electron chi connectivity index (χ2n) is 2.55. The van der Waals surface area contributed by atoms with E-state index in [0.717, 1.165) is 0 Å². The Balaban J connectivity index is 2.27. The maximum atomic E-state index is 11.1. The number of carbonyl (C=O) groups is 1. The van der Waals surface area contributed by atoms with Gasteiger partial charge in [0.05, 0.1) is 6.20 Å². The van der Waals surface area contributed by atoms with Crippen molar-refractivity contribution in [2.45, 2.75) is 6.42 Å². The van der Waals surface area contributed by atoms with Gasteiger partial charge in [0.2, 0.25) is 0 Å². The minimum Gasteiger partial charge on any atom is -0.396 e. The highest BCUT2D eigenvalue weighted by Gasteiger charge is 2.00. The number of aromatic nitrogens is 2. The number of hydrogen-bond donors (Lipinski definition) is 3. The van der Waals surface area contributed by atoms with Gasteiger partial charge < -0.3 is 10.4 Å². The molecule has 0 radical (unpaired) electrons. The number of aliphatic hydroxyl groups is 1. The van der Waals surface area contributed by atoms with Crippen LogP contribution in [0.25, 0.3) is 0 Å². The molecule has 1 heterocycles. The van der Waals surface area contributed by atoms with Crippen LogP contribution in [0.2, 0.25) is 0 Å². The summed E-state index contributed by atoms with van der Waals surface area (Å²) < 4.78 is 0. The second kappa shape index (κ2) is 5.87. The Bertz CT molecular complexity index is 278. The van der Waals surface area contributed by atoms with E-state index in [4.69, 9.17) is 5.11 Å². The summed E-state index contributed by atoms with van der Waals surface area (Å²) in [5.74, 6) is 0.397. The third-order valence-electron chi connectivity index (χ3n) is 1.43. The molecule has 0 saturated carbocycles. The van der Waals surface area contributed by atoms with E-state index in [1.54, 1.807) is 0 Å². The maximum Gasteiger partial charge on any atom is 0.320 e. The molecular weight excluding hydrogens is 184 g/mol. The molecule has 0 fully saturated rings. The molecule has 1 rings (SSSR count). The quantitative estimate of drug-likeness (QED) is 0.590. The fraction of sp³-hybridized carbons (Fsp3) is 0.375. The van der Waals surface area contributed by atoms with Crippen molar-refractivity contribution in [1.82, 2.24) is 15.3 Å². The minimum atomic E-state index is -0.348. The average molecular weight is 196 g/mol. The van der Waals surface area contributed by atoms with Gasteiger partial charge in [-0.15, -0.1) is 0 Å². The lowest BCUT2D eigenvalue weighted by atomic mass is 10.4. The minimum absolute atomic E-state index is 0.0609. The van der Waals surface area contributed by atoms with Gasteiger partial charge in [0.15, 0.2) is 5.82 Å². The van der Waals surface area contributed by atoms with Gasteiger partial charge in [-0.1, -0.05) is 0 Å². The summed E-state index contributed by atoms with van der Waals surface area (Å²) in [5.41, 5.74) is 0. The first-order valence-electron chi connectivity index (χ1n) is 4.24. The highest BCUT2D eigenvalue weighted by molar-refractivity contribution is 5.87. The van der Waals surface area contributed by atoms with Gasteiger partial charge in [-0.2, -0.15) is 0 Å². The van der Waals surface area contributed by atoms with Crippen LogP contribution in [0.1, 0.15) is 6.42 Å². The molecule has 0 unspecified atom stereocenters. The SMILES string of the molecule is O=C(NCCCO)Nc1cnccn1. The number of nitrogens with one attached hydrogen (secondary N) is 2. The maximum absolute atomic E-state index is 11.1. The van der Waals surface area contributed by atoms with Crippen LogP contribution in [0.5, 0.6) is 0 Å². The van der Waals surface area contributed by atoms with Gasteiger partial charge in [-0.3, -0.25) is 10.3 Å². The van der Waals surface area contributed by atoms with E-state index < -0.39 is 0 Å². The normalized spacial score (nSPS) is 9.50. The zero-order valence-corrected chi connectivity index (χ0v) is 7.60. The van der Waals surface area contributed by atoms with Gasteiger partial charge in [-0.25, -0.2) is 9.78 Å². The van der Waals surface area contributed by atoms with Crippen molar-refractivity contribution in [3.05, 3.63) is 18.6 Å². The van der Waals surface area contributed by atoms with Crippen molar-refractivity contribution in [2.75, 3.05) is 18.5 Å². The number of nitrogens with zero attached hydrogens (tertiary/aromatic N) is 2. The molecule has 0 aliphatic rings. The zero-order chi connectivity index (χ0) is 10.2. The molecule has 6 heteroatoms. The monoisotopic (exact) mass is 196 g/mol. The molecule has 6 nitrogen and oxygen atoms in total. The summed E-state index contributed by atoms with van der Waals surface area (Å²) >= 11 is 0. The Kier molecular flexibility index (Phi) is 4.36. The fourth-order valence-corrected chi connectivity index (χ4v) is 0.805. The Morgan fingerprint density at radius 1 is 1.50 bits per heavy atom. The highest BCUT2D eigenvalue weighted by Crippen LogP contribution is 1.95. The molecule has 0 aromatic carbocycles. The number of anilines is 1. The first-order valence-corrected chi connectivity index (χ1v) is 4.24. The van der Waals surface area contributed by atoms with Crippen LogP contribution in [0, 0.1) is 0 Å². The largest absolute Gasteiger partial charge is 0.396 e. The van der Waals surface area contributed by atoms with Crippen LogP contribution >= 0.6 is 0 Å². The standard InChI is InChI=1S/C8H12N4O2/c13-5-1-2-11-8(14)12-7-6-9-3-4-10-7/h3-4,6,13H,1-2,5H2,(H2,10,11,12,14). The predicted molar refractivity (Wildman–Crippen MR) is 50.8 cm³/mol. The van der Waals surface area contributed by atoms with Crippen LogP contribution in [0.15, 0.2) is 18.6 Å². The van der Waals surface area contributed by atoms with Gasteiger partial charge in [0.25, 0.3) is 0 Å². The molecule has 3 N–H and O–H groups in total. The molecule has 0 saturated heterocycles. The van der Waals surface area contributed by atoms with Crippen molar-refractivity contribution in [3.63, 3.8) is 0 Å². The van der Waals surface area contributed by atoms with E-state index in [0.29, 0.717) is 18.8 Å². The lowest BCUT2D eigenvalue weighted by Gasteiger charge is -2.04. The van der Waals surface area contributed by atoms with E-state index in [-0.39, 0.29) is 12.6 Å². The van der Waals surface area contributed by atoms with Gasteiger partial charge in [0.1, 0.15) is 0 Å². The number of aliphatic hydroxyl groups excluding tert-OH is 1. The number of rotatable bonds is 4. The smallest absolute Gasteiger partial charge is 0.320 e. The molecule has 0 atom stereocenters. The Morgan fingerprint density at radius 2 is 2.36 bits per heavy atom. The fourth-order valence-electron chi connectivity index (χ4n) is 0.805. The molecule has 0 aliphatic carbocycles. The zero-order valence-electron chi connectivity index (χ0n) is 7.60. The molecule has 2 amide bonds. The Labute approximate surface area is 81.4 Å². The Hall–Kier alpha value is -1.69. The van der Waals surface area contributed by atoms with Crippen LogP contribution in [-0.2, 0) is 0 Å². The van der Waals surface area contributed by atoms with Gasteiger partial charge >= 0.3 is 6.03 Å². The van der Waals surface area contributed by atoms with E-state index in [1.165, 1.54) is 18.6 Å². The number of urea groups is 1. The van der Waals surface area contributed by atoms with E-state index >= 15 is 0 Å². The number of amides is 2. The van der Waals surface area contributed by atoms with Crippen LogP contribution < -0.4 is 10.6 Å². The number of carbonyl (C=O) groups excluding carboxylic acids is 1. The molecule has 76 valence electrons. The third kappa shape index (κ3) is 3.81. The van der Waals surface area contributed by atoms with E-state index in [9.17, 15) is 4.79 Å². The first kappa shape index (κ1) is 10.4. The number of hydrogen-bond acceptors (Lipinski definition) is 4. The van der Waals surface area contributed by atoms with Crippen molar-refractivity contribution in [3.8, 4) is 0 Å². The highest BCUT2D eigenvalue weighted by atomic mass is 16.3. The predicted octanol–water partition coefficient (Wildman–Crippen LogP) is -0.0195. The molecule has 1 aromatic rings. The summed E-state index contributed by atoms with van der Waals surface area (Å²) in [6.07, 6.45) is 5.00. The molecular formula is C8H12N4O2. The van der Waals surface area contributed by atoms with E-state index in [2.05, 4.69) is 20.6 Å². The van der Waals surface area contributed by atoms with Crippen LogP contribution in [-0.4, -0.2) is 34.3 Å². The van der Waals surface area contributed by atoms with Crippen LogP contribution in [0.3, 0.4) is 0 Å². The summed E-state index contributed by atoms with van der Waals surface area (Å²) in [5, 5.41) is 13.5. The second-order valence-corrected chi connectivity index (χ2v) is 2.55. The molecule has 0 aliphatic heterocycles. The van der Waals surface area contributed by atoms with Crippen molar-refractivity contribution in [2.24, 2.45) is 0 Å². The van der Waals surface area contributed by atoms with Crippen molar-refractivity contribution < 1.29 is 9.90 Å². The Morgan fingerprint density at radius 3 is 3.00 bits per heavy atom. The summed E-state index contributed by atoms with van der Waals surface area (Å²) in [6.45, 7) is 0.494. The van der Waals surface area contributed by atoms with Crippen molar-refractivity contribution >= 4 is 11.8 Å². The molecule has 0 spiro atoms. The summed E-state index contributed by atoms with van der Waals surface area (Å²) in [4.78, 5) is 18.8. The van der Waals surface area contributed by atoms with E-state index in [1.807, 2.05) is 0 Å².